The Labute approximate surface area is 180 Å². The molecule has 0 heterocycles. The zero-order valence-electron chi connectivity index (χ0n) is 20.4. The largest absolute Gasteiger partial charge is 0.101 e. The molecule has 0 unspecified atom stereocenters. The molecule has 0 aromatic heterocycles. The number of hydrogen-bond donors (Lipinski definition) is 0. The van der Waals surface area contributed by atoms with Gasteiger partial charge >= 0.3 is 0 Å². The quantitative estimate of drug-likeness (QED) is 0.282. The van der Waals surface area contributed by atoms with E-state index in [9.17, 15) is 0 Å². The number of allylic oxidation sites excluding steroid dienone is 2. The highest BCUT2D eigenvalue weighted by atomic mass is 14.1. The Hall–Kier alpha value is -2.26. The second-order valence-corrected chi connectivity index (χ2v) is 8.20. The standard InChI is InChI=1S/C18H24.C11H16/c1-6-8-9-10-12-17-13-14(3)18(11-7-2)16(5)15(17)4;1-7-6-8(2)10(4)11(5)9(7)3/h6,8,13H,9-10,12H2,1-5H3;6H,1-5H3/b8-6+;. The molecule has 156 valence electrons. The Morgan fingerprint density at radius 2 is 1.31 bits per heavy atom. The van der Waals surface area contributed by atoms with E-state index >= 15 is 0 Å². The van der Waals surface area contributed by atoms with Crippen LogP contribution in [-0.4, -0.2) is 0 Å². The van der Waals surface area contributed by atoms with Crippen LogP contribution in [0.2, 0.25) is 0 Å². The average molecular weight is 389 g/mol. The minimum atomic E-state index is 1.16. The molecule has 0 heteroatoms. The molecule has 0 atom stereocenters. The predicted molar refractivity (Wildman–Crippen MR) is 131 cm³/mol. The summed E-state index contributed by atoms with van der Waals surface area (Å²) in [6.45, 7) is 21.5. The van der Waals surface area contributed by atoms with Crippen molar-refractivity contribution in [1.29, 1.82) is 0 Å². The second kappa shape index (κ2) is 11.7. The lowest BCUT2D eigenvalue weighted by atomic mass is 9.91. The fourth-order valence-electron chi connectivity index (χ4n) is 3.73. The molecular formula is C29H40. The molecule has 0 radical (unpaired) electrons. The lowest BCUT2D eigenvalue weighted by Gasteiger charge is -2.13. The summed E-state index contributed by atoms with van der Waals surface area (Å²) >= 11 is 0. The molecule has 0 aliphatic heterocycles. The predicted octanol–water partition coefficient (Wildman–Crippen LogP) is 8.11. The Bertz CT molecular complexity index is 901. The van der Waals surface area contributed by atoms with E-state index < -0.39 is 0 Å². The minimum Gasteiger partial charge on any atom is -0.101 e. The first-order valence-corrected chi connectivity index (χ1v) is 10.8. The van der Waals surface area contributed by atoms with E-state index in [0.29, 0.717) is 0 Å². The van der Waals surface area contributed by atoms with Gasteiger partial charge in [-0.25, -0.2) is 0 Å². The summed E-state index contributed by atoms with van der Waals surface area (Å²) in [7, 11) is 0. The second-order valence-electron chi connectivity index (χ2n) is 8.20. The summed E-state index contributed by atoms with van der Waals surface area (Å²) in [5.74, 6) is 6.24. The molecule has 0 amide bonds. The molecule has 0 aliphatic carbocycles. The van der Waals surface area contributed by atoms with Crippen LogP contribution in [0.5, 0.6) is 0 Å². The molecule has 0 fully saturated rings. The number of benzene rings is 2. The highest BCUT2D eigenvalue weighted by Crippen LogP contribution is 2.23. The smallest absolute Gasteiger partial charge is 0.0306 e. The third-order valence-corrected chi connectivity index (χ3v) is 6.25. The topological polar surface area (TPSA) is 0 Å². The van der Waals surface area contributed by atoms with Crippen LogP contribution < -0.4 is 0 Å². The van der Waals surface area contributed by atoms with E-state index in [1.54, 1.807) is 0 Å². The van der Waals surface area contributed by atoms with Crippen molar-refractivity contribution in [3.05, 3.63) is 79.9 Å². The van der Waals surface area contributed by atoms with Crippen LogP contribution in [0.1, 0.15) is 82.3 Å². The van der Waals surface area contributed by atoms with Crippen LogP contribution in [0, 0.1) is 67.2 Å². The summed E-state index contributed by atoms with van der Waals surface area (Å²) in [6.07, 6.45) is 7.93. The molecule has 0 spiro atoms. The van der Waals surface area contributed by atoms with Crippen molar-refractivity contribution < 1.29 is 0 Å². The average Bonchev–Trinajstić information content (AvgIpc) is 2.69. The van der Waals surface area contributed by atoms with Gasteiger partial charge < -0.3 is 0 Å². The molecular weight excluding hydrogens is 348 g/mol. The van der Waals surface area contributed by atoms with Gasteiger partial charge in [0, 0.05) is 5.56 Å². The number of aryl methyl sites for hydroxylation is 4. The van der Waals surface area contributed by atoms with Crippen molar-refractivity contribution in [2.75, 3.05) is 0 Å². The number of unbranched alkanes of at least 4 members (excludes halogenated alkanes) is 1. The summed E-state index contributed by atoms with van der Waals surface area (Å²) in [5, 5.41) is 0. The summed E-state index contributed by atoms with van der Waals surface area (Å²) in [5.41, 5.74) is 13.9. The third-order valence-electron chi connectivity index (χ3n) is 6.25. The van der Waals surface area contributed by atoms with Gasteiger partial charge in [-0.1, -0.05) is 30.2 Å². The van der Waals surface area contributed by atoms with Gasteiger partial charge in [0.25, 0.3) is 0 Å². The normalized spacial score (nSPS) is 10.4. The fraction of sp³-hybridized carbons (Fsp3) is 0.448. The summed E-state index contributed by atoms with van der Waals surface area (Å²) in [6, 6.07) is 4.58. The maximum absolute atomic E-state index is 3.23. The monoisotopic (exact) mass is 388 g/mol. The first-order chi connectivity index (χ1) is 13.6. The Morgan fingerprint density at radius 3 is 1.83 bits per heavy atom. The molecule has 0 nitrogen and oxygen atoms in total. The molecule has 0 saturated heterocycles. The van der Waals surface area contributed by atoms with Crippen molar-refractivity contribution in [2.45, 2.75) is 88.5 Å². The molecule has 0 aliphatic rings. The Balaban J connectivity index is 0.000000326. The van der Waals surface area contributed by atoms with Crippen molar-refractivity contribution in [2.24, 2.45) is 0 Å². The third kappa shape index (κ3) is 6.64. The zero-order chi connectivity index (χ0) is 22.1. The molecule has 0 saturated carbocycles. The van der Waals surface area contributed by atoms with E-state index in [1.807, 2.05) is 6.92 Å². The van der Waals surface area contributed by atoms with Crippen LogP contribution >= 0.6 is 0 Å². The van der Waals surface area contributed by atoms with E-state index in [1.165, 1.54) is 68.5 Å². The molecule has 2 aromatic rings. The highest BCUT2D eigenvalue weighted by molar-refractivity contribution is 5.52. The SMILES string of the molecule is CC#Cc1c(C)cc(CCC/C=C/C)c(C)c1C.Cc1cc(C)c(C)c(C)c1C. The van der Waals surface area contributed by atoms with Crippen LogP contribution in [0.15, 0.2) is 24.3 Å². The van der Waals surface area contributed by atoms with Crippen molar-refractivity contribution in [1.82, 2.24) is 0 Å². The van der Waals surface area contributed by atoms with Gasteiger partial charge in [-0.2, -0.15) is 0 Å². The first-order valence-electron chi connectivity index (χ1n) is 10.8. The van der Waals surface area contributed by atoms with Crippen molar-refractivity contribution >= 4 is 0 Å². The highest BCUT2D eigenvalue weighted by Gasteiger charge is 2.08. The molecule has 2 rings (SSSR count). The molecule has 29 heavy (non-hydrogen) atoms. The molecule has 2 aromatic carbocycles. The van der Waals surface area contributed by atoms with Crippen LogP contribution in [0.4, 0.5) is 0 Å². The van der Waals surface area contributed by atoms with Gasteiger partial charge in [-0.15, -0.1) is 5.92 Å². The fourth-order valence-corrected chi connectivity index (χ4v) is 3.73. The Kier molecular flexibility index (Phi) is 9.97. The molecule has 0 N–H and O–H groups in total. The van der Waals surface area contributed by atoms with E-state index in [0.717, 1.165) is 6.42 Å². The zero-order valence-corrected chi connectivity index (χ0v) is 20.4. The Morgan fingerprint density at radius 1 is 0.724 bits per heavy atom. The van der Waals surface area contributed by atoms with E-state index in [-0.39, 0.29) is 0 Å². The van der Waals surface area contributed by atoms with Gasteiger partial charge in [0.15, 0.2) is 0 Å². The van der Waals surface area contributed by atoms with Gasteiger partial charge in [0.1, 0.15) is 0 Å². The lowest BCUT2D eigenvalue weighted by Crippen LogP contribution is -1.99. The van der Waals surface area contributed by atoms with Gasteiger partial charge in [0.2, 0.25) is 0 Å². The van der Waals surface area contributed by atoms with Crippen LogP contribution in [0.25, 0.3) is 0 Å². The van der Waals surface area contributed by atoms with Crippen molar-refractivity contribution in [3.8, 4) is 11.8 Å². The van der Waals surface area contributed by atoms with Gasteiger partial charge in [0.05, 0.1) is 0 Å². The van der Waals surface area contributed by atoms with Gasteiger partial charge in [-0.3, -0.25) is 0 Å². The lowest BCUT2D eigenvalue weighted by molar-refractivity contribution is 0.834. The first kappa shape index (κ1) is 24.8. The summed E-state index contributed by atoms with van der Waals surface area (Å²) in [4.78, 5) is 0. The summed E-state index contributed by atoms with van der Waals surface area (Å²) < 4.78 is 0. The van der Waals surface area contributed by atoms with E-state index in [4.69, 9.17) is 0 Å². The van der Waals surface area contributed by atoms with Crippen LogP contribution in [0.3, 0.4) is 0 Å². The van der Waals surface area contributed by atoms with E-state index in [2.05, 4.69) is 98.4 Å². The number of rotatable bonds is 4. The van der Waals surface area contributed by atoms with Crippen LogP contribution in [-0.2, 0) is 6.42 Å². The maximum atomic E-state index is 3.23. The van der Waals surface area contributed by atoms with Gasteiger partial charge in [-0.05, 0) is 139 Å². The maximum Gasteiger partial charge on any atom is 0.0306 e. The minimum absolute atomic E-state index is 1.16. The van der Waals surface area contributed by atoms with Crippen molar-refractivity contribution in [3.63, 3.8) is 0 Å². The number of hydrogen-bond acceptors (Lipinski definition) is 0. The molecule has 0 bridgehead atoms.